The number of amides is 2. The van der Waals surface area contributed by atoms with Crippen LogP contribution < -0.4 is 20.2 Å². The number of hydrogen-bond donors (Lipinski definition) is 2. The van der Waals surface area contributed by atoms with Gasteiger partial charge in [-0.15, -0.1) is 11.3 Å². The fraction of sp³-hybridized carbons (Fsp3) is 0.286. The van der Waals surface area contributed by atoms with Crippen LogP contribution in [0, 0.1) is 5.82 Å². The summed E-state index contributed by atoms with van der Waals surface area (Å²) in [5.41, 5.74) is 4.58. The summed E-state index contributed by atoms with van der Waals surface area (Å²) in [5, 5.41) is 7.09. The lowest BCUT2D eigenvalue weighted by Crippen LogP contribution is -2.33. The topological polar surface area (TPSA) is 115 Å². The van der Waals surface area contributed by atoms with Gasteiger partial charge in [0.25, 0.3) is 0 Å². The molecule has 9 nitrogen and oxygen atoms in total. The number of rotatable bonds is 8. The SMILES string of the molecule is COC(=O)c1c(NC(=O)C(=O)N/N=C(\C)c2ccc(OCc3c(F)cccc3Cl)c(OC)c2)sc2c1CCCC2. The Morgan fingerprint density at radius 1 is 1.07 bits per heavy atom. The molecule has 0 saturated carbocycles. The first-order valence-electron chi connectivity index (χ1n) is 12.4. The van der Waals surface area contributed by atoms with Gasteiger partial charge < -0.3 is 19.5 Å². The van der Waals surface area contributed by atoms with E-state index in [9.17, 15) is 18.8 Å². The maximum atomic E-state index is 14.1. The van der Waals surface area contributed by atoms with E-state index in [2.05, 4.69) is 15.8 Å². The average molecular weight is 588 g/mol. The Labute approximate surface area is 239 Å². The largest absolute Gasteiger partial charge is 0.493 e. The van der Waals surface area contributed by atoms with Crippen LogP contribution in [-0.2, 0) is 33.8 Å². The molecule has 2 amide bonds. The molecule has 1 heterocycles. The highest BCUT2D eigenvalue weighted by Gasteiger charge is 2.28. The zero-order valence-electron chi connectivity index (χ0n) is 22.1. The number of aryl methyl sites for hydroxylation is 1. The first kappa shape index (κ1) is 29.0. The summed E-state index contributed by atoms with van der Waals surface area (Å²) in [7, 11) is 2.73. The van der Waals surface area contributed by atoms with Crippen LogP contribution in [0.5, 0.6) is 11.5 Å². The zero-order valence-corrected chi connectivity index (χ0v) is 23.6. The van der Waals surface area contributed by atoms with Gasteiger partial charge in [0.1, 0.15) is 17.4 Å². The molecule has 210 valence electrons. The molecule has 0 bridgehead atoms. The Morgan fingerprint density at radius 3 is 2.58 bits per heavy atom. The molecule has 1 aromatic heterocycles. The van der Waals surface area contributed by atoms with E-state index >= 15 is 0 Å². The van der Waals surface area contributed by atoms with Gasteiger partial charge in [0.2, 0.25) is 0 Å². The summed E-state index contributed by atoms with van der Waals surface area (Å²) < 4.78 is 30.1. The van der Waals surface area contributed by atoms with Crippen molar-refractivity contribution in [3.63, 3.8) is 0 Å². The predicted molar refractivity (Wildman–Crippen MR) is 150 cm³/mol. The number of halogens is 2. The number of esters is 1. The number of benzene rings is 2. The maximum absolute atomic E-state index is 14.1. The van der Waals surface area contributed by atoms with Gasteiger partial charge in [0.15, 0.2) is 11.5 Å². The predicted octanol–water partition coefficient (Wildman–Crippen LogP) is 5.27. The van der Waals surface area contributed by atoms with E-state index < -0.39 is 23.6 Å². The number of ether oxygens (including phenoxy) is 3. The lowest BCUT2D eigenvalue weighted by atomic mass is 9.95. The summed E-state index contributed by atoms with van der Waals surface area (Å²) in [6.45, 7) is 1.53. The monoisotopic (exact) mass is 587 g/mol. The molecule has 0 atom stereocenters. The van der Waals surface area contributed by atoms with Gasteiger partial charge in [-0.3, -0.25) is 9.59 Å². The van der Waals surface area contributed by atoms with E-state index in [0.29, 0.717) is 34.8 Å². The number of anilines is 1. The van der Waals surface area contributed by atoms with E-state index in [1.54, 1.807) is 31.2 Å². The molecule has 0 fully saturated rings. The van der Waals surface area contributed by atoms with Gasteiger partial charge in [0, 0.05) is 16.0 Å². The van der Waals surface area contributed by atoms with Crippen LogP contribution >= 0.6 is 22.9 Å². The second kappa shape index (κ2) is 12.9. The van der Waals surface area contributed by atoms with E-state index in [1.807, 2.05) is 0 Å². The average Bonchev–Trinajstić information content (AvgIpc) is 3.32. The molecule has 2 N–H and O–H groups in total. The van der Waals surface area contributed by atoms with Crippen LogP contribution in [0.25, 0.3) is 0 Å². The normalized spacial score (nSPS) is 12.8. The van der Waals surface area contributed by atoms with Crippen molar-refractivity contribution < 1.29 is 33.0 Å². The highest BCUT2D eigenvalue weighted by molar-refractivity contribution is 7.17. The van der Waals surface area contributed by atoms with Crippen molar-refractivity contribution in [1.29, 1.82) is 0 Å². The van der Waals surface area contributed by atoms with Gasteiger partial charge in [-0.1, -0.05) is 17.7 Å². The number of nitrogens with one attached hydrogen (secondary N) is 2. The van der Waals surface area contributed by atoms with Crippen molar-refractivity contribution in [2.45, 2.75) is 39.2 Å². The molecule has 4 rings (SSSR count). The second-order valence-electron chi connectivity index (χ2n) is 8.85. The summed E-state index contributed by atoms with van der Waals surface area (Å²) in [6, 6.07) is 9.29. The third-order valence-corrected chi connectivity index (χ3v) is 7.90. The summed E-state index contributed by atoms with van der Waals surface area (Å²) in [5.74, 6) is -2.31. The van der Waals surface area contributed by atoms with E-state index in [1.165, 1.54) is 37.7 Å². The van der Waals surface area contributed by atoms with Crippen molar-refractivity contribution in [3.05, 3.63) is 74.4 Å². The van der Waals surface area contributed by atoms with E-state index in [4.69, 9.17) is 25.8 Å². The number of methoxy groups -OCH3 is 2. The number of hydrazone groups is 1. The molecule has 0 unspecified atom stereocenters. The summed E-state index contributed by atoms with van der Waals surface area (Å²) >= 11 is 7.35. The number of nitrogens with zero attached hydrogens (tertiary/aromatic N) is 1. The van der Waals surface area contributed by atoms with E-state index in [0.717, 1.165) is 29.7 Å². The molecule has 1 aliphatic carbocycles. The minimum Gasteiger partial charge on any atom is -0.493 e. The fourth-order valence-corrected chi connectivity index (χ4v) is 5.70. The zero-order chi connectivity index (χ0) is 28.8. The van der Waals surface area contributed by atoms with Crippen LogP contribution in [0.4, 0.5) is 9.39 Å². The first-order valence-corrected chi connectivity index (χ1v) is 13.6. The molecule has 0 saturated heterocycles. The number of carbonyl (C=O) groups is 3. The standard InChI is InChI=1S/C28H27ClFN3O6S/c1-15(16-11-12-21(22(13-16)37-2)39-14-18-19(29)8-6-9-20(18)30)32-33-26(35)25(34)31-27-24(28(36)38-3)17-7-4-5-10-23(17)40-27/h6,8-9,11-13H,4-5,7,10,14H2,1-3H3,(H,31,34)(H,33,35)/b32-15+. The fourth-order valence-electron chi connectivity index (χ4n) is 4.21. The van der Waals surface area contributed by atoms with Crippen LogP contribution in [0.15, 0.2) is 41.5 Å². The van der Waals surface area contributed by atoms with Crippen LogP contribution in [-0.4, -0.2) is 37.7 Å². The Hall–Kier alpha value is -3.96. The van der Waals surface area contributed by atoms with Crippen molar-refractivity contribution in [3.8, 4) is 11.5 Å². The minimum atomic E-state index is -1.00. The van der Waals surface area contributed by atoms with E-state index in [-0.39, 0.29) is 22.2 Å². The van der Waals surface area contributed by atoms with Crippen molar-refractivity contribution >= 4 is 51.4 Å². The quantitative estimate of drug-likeness (QED) is 0.160. The second-order valence-corrected chi connectivity index (χ2v) is 10.4. The molecular formula is C28H27ClFN3O6S. The Bertz CT molecular complexity index is 1470. The van der Waals surface area contributed by atoms with Crippen molar-refractivity contribution in [1.82, 2.24) is 5.43 Å². The molecule has 0 radical (unpaired) electrons. The highest BCUT2D eigenvalue weighted by Crippen LogP contribution is 2.38. The maximum Gasteiger partial charge on any atom is 0.341 e. The molecule has 0 spiro atoms. The van der Waals surface area contributed by atoms with Crippen LogP contribution in [0.2, 0.25) is 5.02 Å². The number of hydrogen-bond acceptors (Lipinski definition) is 8. The van der Waals surface area contributed by atoms with Crippen LogP contribution in [0.1, 0.15) is 51.7 Å². The highest BCUT2D eigenvalue weighted by atomic mass is 35.5. The third kappa shape index (κ3) is 6.43. The van der Waals surface area contributed by atoms with Gasteiger partial charge in [-0.05, 0) is 68.5 Å². The molecule has 40 heavy (non-hydrogen) atoms. The number of carbonyl (C=O) groups excluding carboxylic acids is 3. The minimum absolute atomic E-state index is 0.107. The molecule has 1 aliphatic rings. The lowest BCUT2D eigenvalue weighted by molar-refractivity contribution is -0.136. The van der Waals surface area contributed by atoms with Gasteiger partial charge in [0.05, 0.1) is 30.5 Å². The Balaban J connectivity index is 1.42. The van der Waals surface area contributed by atoms with Gasteiger partial charge in [-0.25, -0.2) is 14.6 Å². The first-order chi connectivity index (χ1) is 19.2. The van der Waals surface area contributed by atoms with Crippen molar-refractivity contribution in [2.75, 3.05) is 19.5 Å². The van der Waals surface area contributed by atoms with Crippen molar-refractivity contribution in [2.24, 2.45) is 5.10 Å². The molecule has 0 aliphatic heterocycles. The summed E-state index contributed by atoms with van der Waals surface area (Å²) in [4.78, 5) is 38.5. The van der Waals surface area contributed by atoms with Crippen LogP contribution in [0.3, 0.4) is 0 Å². The number of thiophene rings is 1. The third-order valence-electron chi connectivity index (χ3n) is 6.33. The number of fused-ring (bicyclic) bond motifs is 1. The summed E-state index contributed by atoms with van der Waals surface area (Å²) in [6.07, 6.45) is 3.45. The van der Waals surface area contributed by atoms with Gasteiger partial charge in [-0.2, -0.15) is 5.10 Å². The smallest absolute Gasteiger partial charge is 0.341 e. The Morgan fingerprint density at radius 2 is 1.85 bits per heavy atom. The Kier molecular flexibility index (Phi) is 9.38. The molecule has 3 aromatic rings. The molecule has 12 heteroatoms. The molecular weight excluding hydrogens is 561 g/mol. The van der Waals surface area contributed by atoms with Gasteiger partial charge >= 0.3 is 17.8 Å². The molecule has 2 aromatic carbocycles. The lowest BCUT2D eigenvalue weighted by Gasteiger charge is -2.13.